The molecule has 1 amide bonds. The van der Waals surface area contributed by atoms with Crippen LogP contribution in [0.15, 0.2) is 91.3 Å². The molecule has 180 valence electrons. The average molecular weight is 494 g/mol. The van der Waals surface area contributed by atoms with Gasteiger partial charge in [-0.3, -0.25) is 9.78 Å². The van der Waals surface area contributed by atoms with Crippen LogP contribution in [-0.2, 0) is 6.54 Å². The molecular weight excluding hydrogens is 466 g/mol. The van der Waals surface area contributed by atoms with E-state index in [1.807, 2.05) is 37.3 Å². The van der Waals surface area contributed by atoms with Crippen molar-refractivity contribution in [1.82, 2.24) is 14.9 Å². The molecule has 4 nitrogen and oxygen atoms in total. The molecule has 36 heavy (non-hydrogen) atoms. The van der Waals surface area contributed by atoms with E-state index in [-0.39, 0.29) is 11.9 Å². The summed E-state index contributed by atoms with van der Waals surface area (Å²) < 4.78 is 2.32. The second kappa shape index (κ2) is 10.00. The molecule has 1 N–H and O–H groups in total. The molecular formula is C31H28ClN3O. The lowest BCUT2D eigenvalue weighted by atomic mass is 10.0. The molecule has 0 fully saturated rings. The predicted octanol–water partition coefficient (Wildman–Crippen LogP) is 7.51. The van der Waals surface area contributed by atoms with E-state index in [1.165, 1.54) is 27.9 Å². The van der Waals surface area contributed by atoms with Crippen LogP contribution in [0, 0.1) is 13.8 Å². The fraction of sp³-hybridized carbons (Fsp3) is 0.161. The van der Waals surface area contributed by atoms with Gasteiger partial charge < -0.3 is 9.88 Å². The number of hydrogen-bond acceptors (Lipinski definition) is 2. The minimum atomic E-state index is -0.203. The van der Waals surface area contributed by atoms with Crippen LogP contribution in [0.2, 0.25) is 5.02 Å². The minimum absolute atomic E-state index is 0.120. The molecule has 0 saturated heterocycles. The summed E-state index contributed by atoms with van der Waals surface area (Å²) in [6.07, 6.45) is 3.31. The minimum Gasteiger partial charge on any atom is -0.345 e. The fourth-order valence-electron chi connectivity index (χ4n) is 4.64. The van der Waals surface area contributed by atoms with Crippen molar-refractivity contribution in [1.29, 1.82) is 0 Å². The van der Waals surface area contributed by atoms with Gasteiger partial charge in [-0.1, -0.05) is 66.2 Å². The first-order valence-corrected chi connectivity index (χ1v) is 12.4. The van der Waals surface area contributed by atoms with Crippen molar-refractivity contribution in [2.75, 3.05) is 0 Å². The summed E-state index contributed by atoms with van der Waals surface area (Å²) in [4.78, 5) is 17.1. The lowest BCUT2D eigenvalue weighted by Gasteiger charge is -2.14. The molecule has 0 radical (unpaired) electrons. The van der Waals surface area contributed by atoms with E-state index in [9.17, 15) is 4.79 Å². The van der Waals surface area contributed by atoms with Crippen molar-refractivity contribution in [3.05, 3.63) is 124 Å². The van der Waals surface area contributed by atoms with Crippen LogP contribution in [0.5, 0.6) is 0 Å². The number of rotatable bonds is 6. The van der Waals surface area contributed by atoms with Gasteiger partial charge in [0, 0.05) is 41.1 Å². The molecule has 3 aromatic carbocycles. The molecule has 0 bridgehead atoms. The van der Waals surface area contributed by atoms with Gasteiger partial charge in [-0.2, -0.15) is 0 Å². The van der Waals surface area contributed by atoms with Gasteiger partial charge in [-0.15, -0.1) is 0 Å². The largest absolute Gasteiger partial charge is 0.345 e. The maximum atomic E-state index is 13.0. The van der Waals surface area contributed by atoms with Gasteiger partial charge in [0.05, 0.1) is 11.1 Å². The molecule has 5 heteroatoms. The number of benzene rings is 3. The number of hydrogen-bond donors (Lipinski definition) is 1. The van der Waals surface area contributed by atoms with E-state index in [1.54, 1.807) is 12.4 Å². The molecule has 0 aliphatic rings. The third kappa shape index (κ3) is 4.77. The average Bonchev–Trinajstić information content (AvgIpc) is 3.14. The van der Waals surface area contributed by atoms with E-state index < -0.39 is 0 Å². The van der Waals surface area contributed by atoms with Crippen LogP contribution < -0.4 is 5.32 Å². The maximum Gasteiger partial charge on any atom is 0.251 e. The molecule has 5 rings (SSSR count). The zero-order valence-corrected chi connectivity index (χ0v) is 21.4. The van der Waals surface area contributed by atoms with Gasteiger partial charge >= 0.3 is 0 Å². The zero-order chi connectivity index (χ0) is 25.2. The highest BCUT2D eigenvalue weighted by atomic mass is 35.5. The van der Waals surface area contributed by atoms with Crippen LogP contribution in [0.4, 0.5) is 0 Å². The van der Waals surface area contributed by atoms with Gasteiger partial charge in [0.25, 0.3) is 5.91 Å². The Labute approximate surface area is 216 Å². The second-order valence-corrected chi connectivity index (χ2v) is 9.66. The van der Waals surface area contributed by atoms with Crippen LogP contribution in [0.1, 0.15) is 45.7 Å². The molecule has 0 saturated carbocycles. The quantitative estimate of drug-likeness (QED) is 0.266. The number of nitrogens with one attached hydrogen (secondary N) is 1. The number of halogens is 1. The Balaban J connectivity index is 1.38. The van der Waals surface area contributed by atoms with Crippen LogP contribution in [0.25, 0.3) is 22.0 Å². The van der Waals surface area contributed by atoms with Crippen molar-refractivity contribution in [2.45, 2.75) is 33.4 Å². The molecule has 0 spiro atoms. The smallest absolute Gasteiger partial charge is 0.251 e. The number of nitrogens with zero attached hydrogens (tertiary/aromatic N) is 2. The number of fused-ring (bicyclic) bond motifs is 1. The van der Waals surface area contributed by atoms with E-state index in [2.05, 4.69) is 77.2 Å². The molecule has 0 aliphatic carbocycles. The van der Waals surface area contributed by atoms with Crippen LogP contribution in [0.3, 0.4) is 0 Å². The lowest BCUT2D eigenvalue weighted by molar-refractivity contribution is 0.0940. The Hall–Kier alpha value is -3.89. The highest BCUT2D eigenvalue weighted by Gasteiger charge is 2.16. The Morgan fingerprint density at radius 1 is 0.944 bits per heavy atom. The van der Waals surface area contributed by atoms with Gasteiger partial charge in [0.2, 0.25) is 0 Å². The fourth-order valence-corrected chi connectivity index (χ4v) is 4.82. The Morgan fingerprint density at radius 2 is 1.67 bits per heavy atom. The summed E-state index contributed by atoms with van der Waals surface area (Å²) in [5, 5.41) is 4.71. The second-order valence-electron chi connectivity index (χ2n) is 9.22. The van der Waals surface area contributed by atoms with E-state index in [0.29, 0.717) is 10.6 Å². The van der Waals surface area contributed by atoms with Gasteiger partial charge in [-0.05, 0) is 72.9 Å². The first-order chi connectivity index (χ1) is 17.4. The van der Waals surface area contributed by atoms with Gasteiger partial charge in [0.1, 0.15) is 0 Å². The van der Waals surface area contributed by atoms with Crippen LogP contribution in [-0.4, -0.2) is 15.5 Å². The number of aryl methyl sites for hydroxylation is 1. The number of amides is 1. The monoisotopic (exact) mass is 493 g/mol. The number of carbonyl (C=O) groups excluding carboxylic acids is 1. The van der Waals surface area contributed by atoms with Crippen molar-refractivity contribution in [3.8, 4) is 11.1 Å². The van der Waals surface area contributed by atoms with Crippen molar-refractivity contribution in [2.24, 2.45) is 0 Å². The Bertz CT molecular complexity index is 1540. The van der Waals surface area contributed by atoms with E-state index in [4.69, 9.17) is 11.6 Å². The highest BCUT2D eigenvalue weighted by molar-refractivity contribution is 6.30. The zero-order valence-electron chi connectivity index (χ0n) is 20.6. The summed E-state index contributed by atoms with van der Waals surface area (Å²) in [7, 11) is 0. The van der Waals surface area contributed by atoms with Crippen molar-refractivity contribution in [3.63, 3.8) is 0 Å². The number of aromatic nitrogens is 2. The maximum absolute atomic E-state index is 13.0. The summed E-state index contributed by atoms with van der Waals surface area (Å²) in [5.41, 5.74) is 8.68. The number of carbonyl (C=O) groups is 1. The molecule has 0 unspecified atom stereocenters. The Kier molecular flexibility index (Phi) is 6.62. The topological polar surface area (TPSA) is 46.9 Å². The molecule has 2 aromatic heterocycles. The molecule has 0 aliphatic heterocycles. The molecule has 5 aromatic rings. The summed E-state index contributed by atoms with van der Waals surface area (Å²) >= 11 is 6.06. The highest BCUT2D eigenvalue weighted by Crippen LogP contribution is 2.28. The van der Waals surface area contributed by atoms with Gasteiger partial charge in [0.15, 0.2) is 0 Å². The van der Waals surface area contributed by atoms with E-state index >= 15 is 0 Å². The van der Waals surface area contributed by atoms with Crippen molar-refractivity contribution >= 4 is 28.4 Å². The first kappa shape index (κ1) is 23.8. The third-order valence-electron chi connectivity index (χ3n) is 6.88. The first-order valence-electron chi connectivity index (χ1n) is 12.1. The van der Waals surface area contributed by atoms with E-state index in [0.717, 1.165) is 23.0 Å². The summed E-state index contributed by atoms with van der Waals surface area (Å²) in [6.45, 7) is 6.96. The molecule has 1 atom stereocenters. The van der Waals surface area contributed by atoms with Crippen LogP contribution >= 0.6 is 11.6 Å². The summed E-state index contributed by atoms with van der Waals surface area (Å²) in [5.74, 6) is -0.120. The SMILES string of the molecule is Cc1c(C)n(Cc2ccc(-c3ccccc3)cc2)c2ccc(C(=O)N[C@@H](C)c3cncc(Cl)c3)cc12. The Morgan fingerprint density at radius 3 is 2.39 bits per heavy atom. The normalized spacial score (nSPS) is 12.0. The third-order valence-corrected chi connectivity index (χ3v) is 7.08. The predicted molar refractivity (Wildman–Crippen MR) is 148 cm³/mol. The standard InChI is InChI=1S/C31H28ClN3O/c1-20-22(3)35(19-23-9-11-25(12-10-23)24-7-5-4-6-8-24)30-14-13-26(16-29(20)30)31(36)34-21(2)27-15-28(32)18-33-17-27/h4-18,21H,19H2,1-3H3,(H,34,36)/t21-/m0/s1. The lowest BCUT2D eigenvalue weighted by Crippen LogP contribution is -2.26. The number of pyridine rings is 1. The summed E-state index contributed by atoms with van der Waals surface area (Å²) in [6, 6.07) is 26.7. The molecule has 2 heterocycles. The van der Waals surface area contributed by atoms with Crippen molar-refractivity contribution < 1.29 is 4.79 Å². The van der Waals surface area contributed by atoms with Gasteiger partial charge in [-0.25, -0.2) is 0 Å².